The van der Waals surface area contributed by atoms with Gasteiger partial charge in [0.2, 0.25) is 5.95 Å². The Morgan fingerprint density at radius 2 is 2.03 bits per heavy atom. The van der Waals surface area contributed by atoms with E-state index in [0.29, 0.717) is 29.5 Å². The SMILES string of the molecule is [CH2-]Cc1[c-]ccc(F)c1CNc1ncc(-c2ccc(CCC(C)C)nc2C)c2nncn12.[U+2]. The molecule has 0 radical (unpaired) electrons. The number of fused-ring (bicyclic) bond motifs is 1. The topological polar surface area (TPSA) is 68.0 Å². The zero-order valence-corrected chi connectivity index (χ0v) is 23.4. The Morgan fingerprint density at radius 1 is 1.21 bits per heavy atom. The molecule has 0 unspecified atom stereocenters. The van der Waals surface area contributed by atoms with Crippen LogP contribution >= 0.6 is 0 Å². The van der Waals surface area contributed by atoms with Crippen molar-refractivity contribution in [3.8, 4) is 11.1 Å². The molecule has 0 fully saturated rings. The van der Waals surface area contributed by atoms with E-state index in [1.807, 2.05) is 6.92 Å². The van der Waals surface area contributed by atoms with Crippen LogP contribution in [0.3, 0.4) is 0 Å². The molecule has 33 heavy (non-hydrogen) atoms. The van der Waals surface area contributed by atoms with E-state index in [1.165, 1.54) is 6.07 Å². The van der Waals surface area contributed by atoms with E-state index in [0.717, 1.165) is 40.9 Å². The monoisotopic (exact) mass is 668 g/mol. The number of hydrogen-bond acceptors (Lipinski definition) is 5. The zero-order valence-electron chi connectivity index (χ0n) is 19.2. The predicted molar refractivity (Wildman–Crippen MR) is 124 cm³/mol. The second-order valence-corrected chi connectivity index (χ2v) is 8.27. The fraction of sp³-hybridized carbons (Fsp3) is 0.320. The second kappa shape index (κ2) is 11.2. The van der Waals surface area contributed by atoms with Crippen LogP contribution in [0.25, 0.3) is 16.8 Å². The third-order valence-corrected chi connectivity index (χ3v) is 5.56. The van der Waals surface area contributed by atoms with Gasteiger partial charge in [-0.3, -0.25) is 9.38 Å². The molecule has 0 spiro atoms. The van der Waals surface area contributed by atoms with Gasteiger partial charge < -0.3 is 12.2 Å². The van der Waals surface area contributed by atoms with Crippen LogP contribution in [-0.4, -0.2) is 24.6 Å². The van der Waals surface area contributed by atoms with Crippen molar-refractivity contribution in [1.82, 2.24) is 24.6 Å². The van der Waals surface area contributed by atoms with Gasteiger partial charge in [-0.2, -0.15) is 24.1 Å². The third-order valence-electron chi connectivity index (χ3n) is 5.56. The molecule has 0 aliphatic carbocycles. The first-order valence-electron chi connectivity index (χ1n) is 10.8. The molecule has 0 bridgehead atoms. The standard InChI is InChI=1S/C25H27FN6.U/c1-5-18-7-6-8-23(26)21(18)13-27-25-28-14-22(24-31-29-15-32(24)25)20-12-11-19(30-17(20)4)10-9-16(2)3;/h6,8,11-12,14-16H,1,5,9-10,13H2,2-4H3,(H,27,28);/q-2;+2. The van der Waals surface area contributed by atoms with Gasteiger partial charge in [-0.1, -0.05) is 19.9 Å². The van der Waals surface area contributed by atoms with Crippen molar-refractivity contribution in [3.63, 3.8) is 0 Å². The number of nitrogens with zero attached hydrogens (tertiary/aromatic N) is 5. The molecule has 0 amide bonds. The molecule has 4 aromatic rings. The van der Waals surface area contributed by atoms with E-state index >= 15 is 0 Å². The molecular weight excluding hydrogens is 641 g/mol. The van der Waals surface area contributed by atoms with Crippen molar-refractivity contribution in [1.29, 1.82) is 0 Å². The first-order valence-corrected chi connectivity index (χ1v) is 10.8. The van der Waals surface area contributed by atoms with Crippen molar-refractivity contribution < 1.29 is 35.5 Å². The van der Waals surface area contributed by atoms with Gasteiger partial charge in [-0.15, -0.1) is 21.8 Å². The van der Waals surface area contributed by atoms with E-state index in [4.69, 9.17) is 4.98 Å². The summed E-state index contributed by atoms with van der Waals surface area (Å²) in [4.78, 5) is 9.36. The average molecular weight is 669 g/mol. The van der Waals surface area contributed by atoms with Gasteiger partial charge in [0, 0.05) is 41.1 Å². The fourth-order valence-electron chi connectivity index (χ4n) is 3.74. The van der Waals surface area contributed by atoms with E-state index in [2.05, 4.69) is 59.5 Å². The summed E-state index contributed by atoms with van der Waals surface area (Å²) in [6, 6.07) is 10.2. The van der Waals surface area contributed by atoms with Crippen LogP contribution in [0.5, 0.6) is 0 Å². The Labute approximate surface area is 217 Å². The van der Waals surface area contributed by atoms with Gasteiger partial charge in [0.15, 0.2) is 5.65 Å². The maximum absolute atomic E-state index is 14.3. The van der Waals surface area contributed by atoms with Crippen LogP contribution in [0.2, 0.25) is 0 Å². The first-order chi connectivity index (χ1) is 15.5. The maximum Gasteiger partial charge on any atom is 2.00 e. The molecule has 0 aliphatic rings. The van der Waals surface area contributed by atoms with Crippen molar-refractivity contribution in [2.45, 2.75) is 46.6 Å². The Balaban J connectivity index is 0.00000306. The summed E-state index contributed by atoms with van der Waals surface area (Å²) in [5.74, 6) is 0.889. The van der Waals surface area contributed by atoms with E-state index in [1.54, 1.807) is 23.0 Å². The van der Waals surface area contributed by atoms with Crippen molar-refractivity contribution >= 4 is 11.6 Å². The quantitative estimate of drug-likeness (QED) is 0.268. The number of halogens is 1. The average Bonchev–Trinajstić information content (AvgIpc) is 3.27. The largest absolute Gasteiger partial charge is 2.00 e. The van der Waals surface area contributed by atoms with Crippen molar-refractivity contribution in [2.24, 2.45) is 5.92 Å². The molecule has 8 heteroatoms. The van der Waals surface area contributed by atoms with Crippen LogP contribution in [0, 0.1) is 62.8 Å². The Kier molecular flexibility index (Phi) is 8.61. The van der Waals surface area contributed by atoms with Crippen LogP contribution in [0.15, 0.2) is 36.8 Å². The number of hydrogen-bond donors (Lipinski definition) is 1. The number of anilines is 1. The first kappa shape index (κ1) is 25.3. The molecule has 168 valence electrons. The number of nitrogens with one attached hydrogen (secondary N) is 1. The van der Waals surface area contributed by atoms with Gasteiger partial charge in [-0.05, 0) is 31.7 Å². The summed E-state index contributed by atoms with van der Waals surface area (Å²) in [7, 11) is 0. The molecule has 3 aromatic heterocycles. The minimum absolute atomic E-state index is 0. The van der Waals surface area contributed by atoms with E-state index in [9.17, 15) is 4.39 Å². The molecular formula is C25H27FN6U. The summed E-state index contributed by atoms with van der Waals surface area (Å²) >= 11 is 0. The summed E-state index contributed by atoms with van der Waals surface area (Å²) in [5, 5.41) is 11.6. The van der Waals surface area contributed by atoms with Gasteiger partial charge in [0.1, 0.15) is 6.33 Å². The molecule has 0 saturated heterocycles. The smallest absolute Gasteiger partial charge is 0.362 e. The number of rotatable bonds is 8. The predicted octanol–water partition coefficient (Wildman–Crippen LogP) is 5.01. The maximum atomic E-state index is 14.3. The number of pyridine rings is 1. The van der Waals surface area contributed by atoms with Crippen molar-refractivity contribution in [2.75, 3.05) is 5.32 Å². The minimum atomic E-state index is -0.286. The third kappa shape index (κ3) is 5.62. The van der Waals surface area contributed by atoms with Gasteiger partial charge in [0.25, 0.3) is 0 Å². The Bertz CT molecular complexity index is 1240. The van der Waals surface area contributed by atoms with Crippen LogP contribution < -0.4 is 5.32 Å². The Hall–Kier alpha value is -2.30. The van der Waals surface area contributed by atoms with Gasteiger partial charge >= 0.3 is 31.1 Å². The minimum Gasteiger partial charge on any atom is -0.362 e. The summed E-state index contributed by atoms with van der Waals surface area (Å²) in [5.41, 5.74) is 5.79. The molecule has 0 aliphatic heterocycles. The molecule has 0 saturated carbocycles. The van der Waals surface area contributed by atoms with E-state index < -0.39 is 0 Å². The van der Waals surface area contributed by atoms with Gasteiger partial charge in [0.05, 0.1) is 0 Å². The molecule has 3 heterocycles. The van der Waals surface area contributed by atoms with Crippen LogP contribution in [0.4, 0.5) is 10.3 Å². The van der Waals surface area contributed by atoms with E-state index in [-0.39, 0.29) is 43.5 Å². The van der Waals surface area contributed by atoms with Crippen molar-refractivity contribution in [3.05, 3.63) is 78.1 Å². The fourth-order valence-corrected chi connectivity index (χ4v) is 3.74. The van der Waals surface area contributed by atoms with Crippen LogP contribution in [0.1, 0.15) is 42.8 Å². The Morgan fingerprint density at radius 3 is 2.76 bits per heavy atom. The van der Waals surface area contributed by atoms with Crippen LogP contribution in [-0.2, 0) is 19.4 Å². The summed E-state index contributed by atoms with van der Waals surface area (Å²) in [6.45, 7) is 10.6. The number of aromatic nitrogens is 5. The summed E-state index contributed by atoms with van der Waals surface area (Å²) in [6.07, 6.45) is 5.90. The molecule has 0 atom stereocenters. The zero-order chi connectivity index (χ0) is 22.7. The molecule has 4 rings (SSSR count). The normalized spacial score (nSPS) is 11.1. The molecule has 1 N–H and O–H groups in total. The molecule has 6 nitrogen and oxygen atoms in total. The summed E-state index contributed by atoms with van der Waals surface area (Å²) < 4.78 is 16.1. The molecule has 1 aromatic carbocycles. The second-order valence-electron chi connectivity index (χ2n) is 8.27. The number of aryl methyl sites for hydroxylation is 2. The number of benzene rings is 1. The van der Waals surface area contributed by atoms with Gasteiger partial charge in [-0.25, -0.2) is 9.37 Å².